The Labute approximate surface area is 114 Å². The predicted octanol–water partition coefficient (Wildman–Crippen LogP) is -1.47. The Morgan fingerprint density at radius 2 is 2.25 bits per heavy atom. The molecule has 1 fully saturated rings. The van der Waals surface area contributed by atoms with Crippen molar-refractivity contribution in [3.05, 3.63) is 11.9 Å². The van der Waals surface area contributed by atoms with E-state index in [0.717, 1.165) is 10.9 Å². The Hall–Kier alpha value is -1.97. The van der Waals surface area contributed by atoms with Crippen LogP contribution in [0.5, 0.6) is 0 Å². The van der Waals surface area contributed by atoms with Crippen LogP contribution in [0.4, 0.5) is 0 Å². The lowest BCUT2D eigenvalue weighted by Gasteiger charge is -2.09. The van der Waals surface area contributed by atoms with Crippen molar-refractivity contribution in [1.29, 1.82) is 0 Å². The number of sulfone groups is 1. The highest BCUT2D eigenvalue weighted by molar-refractivity contribution is 7.91. The van der Waals surface area contributed by atoms with Crippen LogP contribution in [0, 0.1) is 5.92 Å². The zero-order chi connectivity index (χ0) is 14.8. The van der Waals surface area contributed by atoms with Crippen LogP contribution in [0.15, 0.2) is 6.20 Å². The number of aromatic carboxylic acids is 1. The summed E-state index contributed by atoms with van der Waals surface area (Å²) in [5.74, 6) is -1.38. The zero-order valence-corrected chi connectivity index (χ0v) is 11.3. The van der Waals surface area contributed by atoms with E-state index in [9.17, 15) is 18.0 Å². The third-order valence-corrected chi connectivity index (χ3v) is 4.82. The number of aromatic nitrogens is 3. The highest BCUT2D eigenvalue weighted by atomic mass is 32.2. The first-order chi connectivity index (χ1) is 9.35. The van der Waals surface area contributed by atoms with Gasteiger partial charge in [-0.1, -0.05) is 5.21 Å². The third-order valence-electron chi connectivity index (χ3n) is 2.98. The SMILES string of the molecule is O=C(Cn1cc(C(=O)O)nn1)NCC1CCS(=O)(=O)C1. The minimum Gasteiger partial charge on any atom is -0.476 e. The fourth-order valence-corrected chi connectivity index (χ4v) is 3.83. The topological polar surface area (TPSA) is 131 Å². The van der Waals surface area contributed by atoms with Crippen LogP contribution >= 0.6 is 0 Å². The van der Waals surface area contributed by atoms with Gasteiger partial charge in [0.2, 0.25) is 5.91 Å². The molecule has 1 aliphatic heterocycles. The molecule has 2 N–H and O–H groups in total. The van der Waals surface area contributed by atoms with E-state index >= 15 is 0 Å². The first-order valence-electron chi connectivity index (χ1n) is 5.96. The van der Waals surface area contributed by atoms with E-state index in [-0.39, 0.29) is 35.6 Å². The molecular formula is C10H14N4O5S. The highest BCUT2D eigenvalue weighted by Crippen LogP contribution is 2.17. The smallest absolute Gasteiger partial charge is 0.358 e. The summed E-state index contributed by atoms with van der Waals surface area (Å²) >= 11 is 0. The molecule has 0 spiro atoms. The second-order valence-corrected chi connectivity index (χ2v) is 6.91. The number of carbonyl (C=O) groups is 2. The number of carbonyl (C=O) groups excluding carboxylic acids is 1. The van der Waals surface area contributed by atoms with Gasteiger partial charge in [0.1, 0.15) is 6.54 Å². The maximum Gasteiger partial charge on any atom is 0.358 e. The van der Waals surface area contributed by atoms with E-state index in [4.69, 9.17) is 5.11 Å². The lowest BCUT2D eigenvalue weighted by molar-refractivity contribution is -0.122. The number of nitrogens with zero attached hydrogens (tertiary/aromatic N) is 3. The van der Waals surface area contributed by atoms with Crippen molar-refractivity contribution in [2.24, 2.45) is 5.92 Å². The lowest BCUT2D eigenvalue weighted by atomic mass is 10.1. The van der Waals surface area contributed by atoms with Gasteiger partial charge in [-0.15, -0.1) is 5.10 Å². The summed E-state index contributed by atoms with van der Waals surface area (Å²) in [5.41, 5.74) is -0.236. The van der Waals surface area contributed by atoms with Gasteiger partial charge in [0.25, 0.3) is 0 Å². The van der Waals surface area contributed by atoms with Crippen LogP contribution in [-0.2, 0) is 21.2 Å². The maximum absolute atomic E-state index is 11.6. The molecule has 1 aliphatic rings. The molecule has 2 heterocycles. The Kier molecular flexibility index (Phi) is 4.02. The van der Waals surface area contributed by atoms with Gasteiger partial charge in [-0.25, -0.2) is 17.9 Å². The van der Waals surface area contributed by atoms with E-state index in [2.05, 4.69) is 15.6 Å². The van der Waals surface area contributed by atoms with E-state index in [1.54, 1.807) is 0 Å². The minimum absolute atomic E-state index is 0.0609. The molecule has 1 amide bonds. The van der Waals surface area contributed by atoms with Gasteiger partial charge in [-0.3, -0.25) is 4.79 Å². The number of carboxylic acid groups (broad SMARTS) is 1. The lowest BCUT2D eigenvalue weighted by Crippen LogP contribution is -2.32. The molecule has 20 heavy (non-hydrogen) atoms. The average molecular weight is 302 g/mol. The summed E-state index contributed by atoms with van der Waals surface area (Å²) in [6, 6.07) is 0. The Balaban J connectivity index is 1.79. The van der Waals surface area contributed by atoms with Crippen LogP contribution < -0.4 is 5.32 Å². The number of amides is 1. The van der Waals surface area contributed by atoms with Crippen LogP contribution in [0.3, 0.4) is 0 Å². The van der Waals surface area contributed by atoms with Crippen LogP contribution in [0.25, 0.3) is 0 Å². The van der Waals surface area contributed by atoms with E-state index < -0.39 is 15.8 Å². The number of hydrogen-bond donors (Lipinski definition) is 2. The summed E-state index contributed by atoms with van der Waals surface area (Å²) in [4.78, 5) is 22.2. The Bertz CT molecular complexity index is 623. The maximum atomic E-state index is 11.6. The molecule has 0 saturated carbocycles. The van der Waals surface area contributed by atoms with Crippen molar-refractivity contribution in [2.75, 3.05) is 18.1 Å². The van der Waals surface area contributed by atoms with Crippen LogP contribution in [0.1, 0.15) is 16.9 Å². The average Bonchev–Trinajstić information content (AvgIpc) is 2.93. The van der Waals surface area contributed by atoms with Crippen molar-refractivity contribution >= 4 is 21.7 Å². The van der Waals surface area contributed by atoms with Crippen molar-refractivity contribution in [3.63, 3.8) is 0 Å². The molecule has 110 valence electrons. The Morgan fingerprint density at radius 1 is 1.50 bits per heavy atom. The first-order valence-corrected chi connectivity index (χ1v) is 7.78. The monoisotopic (exact) mass is 302 g/mol. The van der Waals surface area contributed by atoms with Crippen LogP contribution in [0.2, 0.25) is 0 Å². The third kappa shape index (κ3) is 3.76. The number of carboxylic acids is 1. The van der Waals surface area contributed by atoms with Gasteiger partial charge in [0.05, 0.1) is 17.7 Å². The molecule has 1 unspecified atom stereocenters. The minimum atomic E-state index is -2.95. The molecule has 1 saturated heterocycles. The van der Waals surface area contributed by atoms with Gasteiger partial charge in [-0.05, 0) is 12.3 Å². The molecule has 0 bridgehead atoms. The summed E-state index contributed by atoms with van der Waals surface area (Å²) < 4.78 is 23.6. The van der Waals surface area contributed by atoms with Gasteiger partial charge >= 0.3 is 5.97 Å². The summed E-state index contributed by atoms with van der Waals surface area (Å²) in [5, 5.41) is 18.2. The fourth-order valence-electron chi connectivity index (χ4n) is 1.97. The molecule has 2 rings (SSSR count). The van der Waals surface area contributed by atoms with E-state index in [1.165, 1.54) is 0 Å². The summed E-state index contributed by atoms with van der Waals surface area (Å²) in [6.07, 6.45) is 1.71. The highest BCUT2D eigenvalue weighted by Gasteiger charge is 2.27. The molecule has 0 aliphatic carbocycles. The molecule has 0 radical (unpaired) electrons. The number of nitrogens with one attached hydrogen (secondary N) is 1. The van der Waals surface area contributed by atoms with Crippen LogP contribution in [-0.4, -0.2) is 58.4 Å². The molecule has 9 nitrogen and oxygen atoms in total. The molecule has 10 heteroatoms. The summed E-state index contributed by atoms with van der Waals surface area (Å²) in [7, 11) is -2.95. The number of rotatable bonds is 5. The molecule has 1 aromatic heterocycles. The molecule has 1 atom stereocenters. The Morgan fingerprint density at radius 3 is 2.80 bits per heavy atom. The number of hydrogen-bond acceptors (Lipinski definition) is 6. The van der Waals surface area contributed by atoms with Gasteiger partial charge in [-0.2, -0.15) is 0 Å². The van der Waals surface area contributed by atoms with E-state index in [1.807, 2.05) is 0 Å². The molecular weight excluding hydrogens is 288 g/mol. The van der Waals surface area contributed by atoms with E-state index in [0.29, 0.717) is 13.0 Å². The van der Waals surface area contributed by atoms with Crippen molar-refractivity contribution in [1.82, 2.24) is 20.3 Å². The molecule has 1 aromatic rings. The van der Waals surface area contributed by atoms with Crippen molar-refractivity contribution in [3.8, 4) is 0 Å². The second-order valence-electron chi connectivity index (χ2n) is 4.68. The predicted molar refractivity (Wildman–Crippen MR) is 66.8 cm³/mol. The van der Waals surface area contributed by atoms with Gasteiger partial charge in [0.15, 0.2) is 15.5 Å². The first kappa shape index (κ1) is 14.4. The standard InChI is InChI=1S/C10H14N4O5S/c15-9(5-14-4-8(10(16)17)12-13-14)11-3-7-1-2-20(18,19)6-7/h4,7H,1-3,5-6H2,(H,11,15)(H,16,17). The quantitative estimate of drug-likeness (QED) is 0.678. The normalized spacial score (nSPS) is 20.7. The van der Waals surface area contributed by atoms with Gasteiger partial charge < -0.3 is 10.4 Å². The fraction of sp³-hybridized carbons (Fsp3) is 0.600. The summed E-state index contributed by atoms with van der Waals surface area (Å²) in [6.45, 7) is 0.137. The van der Waals surface area contributed by atoms with Crippen molar-refractivity contribution < 1.29 is 23.1 Å². The van der Waals surface area contributed by atoms with Crippen molar-refractivity contribution in [2.45, 2.75) is 13.0 Å². The zero-order valence-electron chi connectivity index (χ0n) is 10.5. The molecule has 0 aromatic carbocycles. The largest absolute Gasteiger partial charge is 0.476 e. The second kappa shape index (κ2) is 5.57. The van der Waals surface area contributed by atoms with Gasteiger partial charge in [0, 0.05) is 6.54 Å².